The summed E-state index contributed by atoms with van der Waals surface area (Å²) in [5.74, 6) is -2.55. The minimum absolute atomic E-state index is 0.257. The lowest BCUT2D eigenvalue weighted by molar-refractivity contribution is -0.153. The monoisotopic (exact) mass is 350 g/mol. The fourth-order valence-corrected chi connectivity index (χ4v) is 3.99. The SMILES string of the molecule is CCN1C(=O)[C@H]2[C@@H](C1=O)[C@@](C)(C(=O)OC)N[C@H]2c1ccc(Cl)cc1. The quantitative estimate of drug-likeness (QED) is 0.661. The number of rotatable bonds is 3. The molecular weight excluding hydrogens is 332 g/mol. The number of fused-ring (bicyclic) bond motifs is 1. The summed E-state index contributed by atoms with van der Waals surface area (Å²) in [5.41, 5.74) is -0.443. The van der Waals surface area contributed by atoms with Gasteiger partial charge in [-0.1, -0.05) is 23.7 Å². The van der Waals surface area contributed by atoms with Gasteiger partial charge in [0.15, 0.2) is 0 Å². The summed E-state index contributed by atoms with van der Waals surface area (Å²) in [6.07, 6.45) is 0. The van der Waals surface area contributed by atoms with Gasteiger partial charge in [-0.3, -0.25) is 24.6 Å². The third-order valence-corrected chi connectivity index (χ3v) is 5.29. The molecule has 2 amide bonds. The second kappa shape index (κ2) is 5.86. The second-order valence-electron chi connectivity index (χ2n) is 6.29. The van der Waals surface area contributed by atoms with E-state index in [-0.39, 0.29) is 18.4 Å². The van der Waals surface area contributed by atoms with Crippen molar-refractivity contribution in [3.8, 4) is 0 Å². The van der Waals surface area contributed by atoms with Gasteiger partial charge in [0.2, 0.25) is 11.8 Å². The number of hydrogen-bond donors (Lipinski definition) is 1. The van der Waals surface area contributed by atoms with Gasteiger partial charge in [0.05, 0.1) is 18.9 Å². The Kier molecular flexibility index (Phi) is 4.13. The zero-order valence-electron chi connectivity index (χ0n) is 13.7. The van der Waals surface area contributed by atoms with E-state index in [9.17, 15) is 14.4 Å². The first-order valence-corrected chi connectivity index (χ1v) is 8.19. The first-order chi connectivity index (χ1) is 11.3. The highest BCUT2D eigenvalue weighted by atomic mass is 35.5. The van der Waals surface area contributed by atoms with E-state index >= 15 is 0 Å². The molecule has 0 bridgehead atoms. The number of esters is 1. The third-order valence-electron chi connectivity index (χ3n) is 5.03. The van der Waals surface area contributed by atoms with Gasteiger partial charge in [0.1, 0.15) is 5.54 Å². The molecule has 24 heavy (non-hydrogen) atoms. The predicted octanol–water partition coefficient (Wildman–Crippen LogP) is 1.54. The van der Waals surface area contributed by atoms with E-state index in [1.54, 1.807) is 38.1 Å². The Balaban J connectivity index is 2.09. The van der Waals surface area contributed by atoms with Crippen molar-refractivity contribution in [2.45, 2.75) is 25.4 Å². The minimum Gasteiger partial charge on any atom is -0.468 e. The number of ether oxygens (including phenoxy) is 1. The van der Waals surface area contributed by atoms with Crippen molar-refractivity contribution in [3.63, 3.8) is 0 Å². The molecule has 0 spiro atoms. The molecule has 2 saturated heterocycles. The highest BCUT2D eigenvalue weighted by Crippen LogP contribution is 2.48. The minimum atomic E-state index is -1.25. The average molecular weight is 351 g/mol. The van der Waals surface area contributed by atoms with Gasteiger partial charge >= 0.3 is 5.97 Å². The molecule has 2 fully saturated rings. The maximum Gasteiger partial charge on any atom is 0.326 e. The number of benzene rings is 1. The highest BCUT2D eigenvalue weighted by molar-refractivity contribution is 6.30. The van der Waals surface area contributed by atoms with Crippen LogP contribution in [0.15, 0.2) is 24.3 Å². The molecule has 0 aliphatic carbocycles. The lowest BCUT2D eigenvalue weighted by Crippen LogP contribution is -2.53. The molecule has 0 radical (unpaired) electrons. The predicted molar refractivity (Wildman–Crippen MR) is 87.1 cm³/mol. The molecule has 4 atom stereocenters. The van der Waals surface area contributed by atoms with Crippen molar-refractivity contribution in [2.75, 3.05) is 13.7 Å². The number of imide groups is 1. The van der Waals surface area contributed by atoms with Crippen LogP contribution in [-0.2, 0) is 19.1 Å². The topological polar surface area (TPSA) is 75.7 Å². The molecule has 1 aromatic rings. The largest absolute Gasteiger partial charge is 0.468 e. The van der Waals surface area contributed by atoms with Crippen LogP contribution in [0.5, 0.6) is 0 Å². The number of likely N-dealkylation sites (tertiary alicyclic amines) is 1. The second-order valence-corrected chi connectivity index (χ2v) is 6.73. The number of methoxy groups -OCH3 is 1. The standard InChI is InChI=1S/C17H19ClN2O4/c1-4-20-14(21)11-12(15(20)22)17(2,16(23)24-3)19-13(11)9-5-7-10(18)8-6-9/h5-8,11-13,19H,4H2,1-3H3/t11-,12-,13-,17-/m0/s1. The van der Waals surface area contributed by atoms with Crippen molar-refractivity contribution >= 4 is 29.4 Å². The molecule has 0 saturated carbocycles. The maximum atomic E-state index is 12.8. The van der Waals surface area contributed by atoms with Crippen molar-refractivity contribution in [1.82, 2.24) is 10.2 Å². The fraction of sp³-hybridized carbons (Fsp3) is 0.471. The van der Waals surface area contributed by atoms with E-state index in [1.807, 2.05) is 0 Å². The molecule has 0 unspecified atom stereocenters. The summed E-state index contributed by atoms with van der Waals surface area (Å²) in [4.78, 5) is 39.1. The van der Waals surface area contributed by atoms with Crippen LogP contribution in [-0.4, -0.2) is 41.9 Å². The molecular formula is C17H19ClN2O4. The van der Waals surface area contributed by atoms with E-state index in [4.69, 9.17) is 16.3 Å². The van der Waals surface area contributed by atoms with Gasteiger partial charge in [-0.25, -0.2) is 0 Å². The van der Waals surface area contributed by atoms with Crippen molar-refractivity contribution in [3.05, 3.63) is 34.9 Å². The lowest BCUT2D eigenvalue weighted by Gasteiger charge is -2.28. The van der Waals surface area contributed by atoms with Crippen molar-refractivity contribution < 1.29 is 19.1 Å². The first-order valence-electron chi connectivity index (χ1n) is 7.82. The van der Waals surface area contributed by atoms with Crippen LogP contribution < -0.4 is 5.32 Å². The normalized spacial score (nSPS) is 32.2. The molecule has 1 N–H and O–H groups in total. The first kappa shape index (κ1) is 16.9. The summed E-state index contributed by atoms with van der Waals surface area (Å²) in [6.45, 7) is 3.66. The van der Waals surface area contributed by atoms with E-state index in [0.717, 1.165) is 5.56 Å². The summed E-state index contributed by atoms with van der Waals surface area (Å²) in [7, 11) is 1.28. The van der Waals surface area contributed by atoms with Gasteiger partial charge in [0.25, 0.3) is 0 Å². The molecule has 0 aromatic heterocycles. The zero-order chi connectivity index (χ0) is 17.6. The van der Waals surface area contributed by atoms with Crippen LogP contribution in [0.3, 0.4) is 0 Å². The van der Waals surface area contributed by atoms with Crippen molar-refractivity contribution in [2.24, 2.45) is 11.8 Å². The Morgan fingerprint density at radius 1 is 1.29 bits per heavy atom. The summed E-state index contributed by atoms with van der Waals surface area (Å²) in [6, 6.07) is 6.59. The van der Waals surface area contributed by atoms with Crippen LogP contribution in [0, 0.1) is 11.8 Å². The van der Waals surface area contributed by atoms with Crippen LogP contribution in [0.25, 0.3) is 0 Å². The highest BCUT2D eigenvalue weighted by Gasteiger charge is 2.66. The Bertz CT molecular complexity index is 705. The maximum absolute atomic E-state index is 12.8. The van der Waals surface area contributed by atoms with E-state index in [1.165, 1.54) is 12.0 Å². The molecule has 2 aliphatic rings. The number of carbonyl (C=O) groups is 3. The van der Waals surface area contributed by atoms with Crippen LogP contribution >= 0.6 is 11.6 Å². The van der Waals surface area contributed by atoms with Crippen LogP contribution in [0.4, 0.5) is 0 Å². The number of halogens is 1. The zero-order valence-corrected chi connectivity index (χ0v) is 14.5. The van der Waals surface area contributed by atoms with Gasteiger partial charge in [-0.15, -0.1) is 0 Å². The molecule has 128 valence electrons. The van der Waals surface area contributed by atoms with E-state index < -0.39 is 29.4 Å². The Labute approximate surface area is 145 Å². The molecule has 7 heteroatoms. The number of carbonyl (C=O) groups excluding carboxylic acids is 3. The smallest absolute Gasteiger partial charge is 0.326 e. The Hall–Kier alpha value is -1.92. The molecule has 1 aromatic carbocycles. The van der Waals surface area contributed by atoms with Gasteiger partial charge in [-0.2, -0.15) is 0 Å². The number of nitrogens with one attached hydrogen (secondary N) is 1. The molecule has 2 heterocycles. The van der Waals surface area contributed by atoms with E-state index in [2.05, 4.69) is 5.32 Å². The van der Waals surface area contributed by atoms with Gasteiger partial charge in [-0.05, 0) is 31.5 Å². The molecule has 2 aliphatic heterocycles. The van der Waals surface area contributed by atoms with E-state index in [0.29, 0.717) is 5.02 Å². The Morgan fingerprint density at radius 3 is 2.46 bits per heavy atom. The number of amides is 2. The summed E-state index contributed by atoms with van der Waals surface area (Å²) in [5, 5.41) is 3.75. The fourth-order valence-electron chi connectivity index (χ4n) is 3.87. The molecule has 6 nitrogen and oxygen atoms in total. The molecule has 3 rings (SSSR count). The average Bonchev–Trinajstić information content (AvgIpc) is 3.02. The Morgan fingerprint density at radius 2 is 1.92 bits per heavy atom. The van der Waals surface area contributed by atoms with Crippen LogP contribution in [0.1, 0.15) is 25.5 Å². The van der Waals surface area contributed by atoms with Crippen molar-refractivity contribution in [1.29, 1.82) is 0 Å². The summed E-state index contributed by atoms with van der Waals surface area (Å²) < 4.78 is 4.90. The third kappa shape index (κ3) is 2.24. The summed E-state index contributed by atoms with van der Waals surface area (Å²) >= 11 is 5.93. The number of hydrogen-bond acceptors (Lipinski definition) is 5. The number of nitrogens with zero attached hydrogens (tertiary/aromatic N) is 1. The van der Waals surface area contributed by atoms with Crippen LogP contribution in [0.2, 0.25) is 5.02 Å². The van der Waals surface area contributed by atoms with Gasteiger partial charge in [0, 0.05) is 17.6 Å². The lowest BCUT2D eigenvalue weighted by atomic mass is 9.80. The van der Waals surface area contributed by atoms with Gasteiger partial charge < -0.3 is 4.74 Å².